The normalized spacial score (nSPS) is 21.7. The van der Waals surface area contributed by atoms with Gasteiger partial charge in [0.15, 0.2) is 14.4 Å². The van der Waals surface area contributed by atoms with Crippen LogP contribution in [0.1, 0.15) is 39.4 Å². The van der Waals surface area contributed by atoms with Crippen molar-refractivity contribution in [3.05, 3.63) is 36.0 Å². The second-order valence-corrected chi connectivity index (χ2v) is 11.9. The second kappa shape index (κ2) is 6.53. The van der Waals surface area contributed by atoms with Crippen LogP contribution >= 0.6 is 0 Å². The zero-order valence-electron chi connectivity index (χ0n) is 14.7. The van der Waals surface area contributed by atoms with Gasteiger partial charge in [-0.2, -0.15) is 0 Å². The van der Waals surface area contributed by atoms with Crippen LogP contribution in [0.25, 0.3) is 0 Å². The fraction of sp³-hybridized carbons (Fsp3) is 0.588. The van der Waals surface area contributed by atoms with Gasteiger partial charge in [-0.1, -0.05) is 20.8 Å². The summed E-state index contributed by atoms with van der Waals surface area (Å²) >= 11 is 0. The molecular formula is C17H26O5Si. The Morgan fingerprint density at radius 2 is 2.04 bits per heavy atom. The summed E-state index contributed by atoms with van der Waals surface area (Å²) in [6.45, 7) is 13.0. The van der Waals surface area contributed by atoms with E-state index in [1.54, 1.807) is 25.5 Å². The highest BCUT2D eigenvalue weighted by Crippen LogP contribution is 2.42. The van der Waals surface area contributed by atoms with Gasteiger partial charge < -0.3 is 18.3 Å². The van der Waals surface area contributed by atoms with Gasteiger partial charge in [-0.25, -0.2) is 4.79 Å². The van der Waals surface area contributed by atoms with E-state index < -0.39 is 14.3 Å². The van der Waals surface area contributed by atoms with Gasteiger partial charge in [0, 0.05) is 5.56 Å². The molecule has 2 heterocycles. The minimum Gasteiger partial charge on any atom is -0.475 e. The van der Waals surface area contributed by atoms with Crippen LogP contribution in [-0.2, 0) is 18.7 Å². The molecule has 2 rings (SSSR count). The number of hydrogen-bond acceptors (Lipinski definition) is 5. The maximum atomic E-state index is 12.0. The maximum Gasteiger partial charge on any atom is 0.373 e. The van der Waals surface area contributed by atoms with Crippen LogP contribution in [0, 0.1) is 0 Å². The molecule has 0 saturated carbocycles. The van der Waals surface area contributed by atoms with Gasteiger partial charge in [0.05, 0.1) is 19.1 Å². The first-order chi connectivity index (χ1) is 10.7. The Morgan fingerprint density at radius 3 is 2.57 bits per heavy atom. The summed E-state index contributed by atoms with van der Waals surface area (Å²) in [7, 11) is -2.01. The lowest BCUT2D eigenvalue weighted by Gasteiger charge is -2.38. The molecule has 0 aliphatic carbocycles. The maximum absolute atomic E-state index is 12.0. The smallest absolute Gasteiger partial charge is 0.373 e. The highest BCUT2D eigenvalue weighted by atomic mass is 28.4. The highest BCUT2D eigenvalue weighted by Gasteiger charge is 2.44. The van der Waals surface area contributed by atoms with E-state index in [0.29, 0.717) is 6.61 Å². The van der Waals surface area contributed by atoms with Crippen LogP contribution in [0.4, 0.5) is 0 Å². The fourth-order valence-electron chi connectivity index (χ4n) is 2.11. The first-order valence-electron chi connectivity index (χ1n) is 7.91. The molecule has 0 N–H and O–H groups in total. The molecule has 1 aromatic heterocycles. The highest BCUT2D eigenvalue weighted by molar-refractivity contribution is 6.74. The molecule has 23 heavy (non-hydrogen) atoms. The van der Waals surface area contributed by atoms with Gasteiger partial charge in [-0.05, 0) is 37.2 Å². The monoisotopic (exact) mass is 338 g/mol. The lowest BCUT2D eigenvalue weighted by molar-refractivity contribution is -0.143. The van der Waals surface area contributed by atoms with E-state index in [1.165, 1.54) is 0 Å². The standard InChI is InChI=1S/C17H26O5Si/c1-7-20-16(18)14-10-13(22-23(5,6)17(2,3)4)15(21-14)12-8-9-19-11-12/h8-11,13,15H,7H2,1-6H3/t13-,15+/m0/s1. The third kappa shape index (κ3) is 3.87. The number of rotatable bonds is 5. The van der Waals surface area contributed by atoms with Crippen molar-refractivity contribution < 1.29 is 23.1 Å². The summed E-state index contributed by atoms with van der Waals surface area (Å²) in [5.74, 6) is -0.246. The summed E-state index contributed by atoms with van der Waals surface area (Å²) in [6, 6.07) is 1.83. The summed E-state index contributed by atoms with van der Waals surface area (Å²) in [6.07, 6.45) is 4.23. The van der Waals surface area contributed by atoms with Crippen molar-refractivity contribution in [3.63, 3.8) is 0 Å². The van der Waals surface area contributed by atoms with Crippen LogP contribution in [0.5, 0.6) is 0 Å². The van der Waals surface area contributed by atoms with Gasteiger partial charge in [-0.15, -0.1) is 0 Å². The Kier molecular flexibility index (Phi) is 5.06. The molecule has 2 atom stereocenters. The van der Waals surface area contributed by atoms with Crippen molar-refractivity contribution in [2.75, 3.05) is 6.61 Å². The predicted molar refractivity (Wildman–Crippen MR) is 89.3 cm³/mol. The van der Waals surface area contributed by atoms with Crippen LogP contribution in [0.3, 0.4) is 0 Å². The SMILES string of the molecule is CCOC(=O)C1=C[C@H](O[Si](C)(C)C(C)(C)C)[C@@H](c2ccoc2)O1. The Balaban J connectivity index is 2.25. The van der Waals surface area contributed by atoms with Crippen LogP contribution in [-0.4, -0.2) is 27.0 Å². The Morgan fingerprint density at radius 1 is 1.35 bits per heavy atom. The number of furan rings is 1. The molecule has 0 aromatic carbocycles. The number of carbonyl (C=O) groups is 1. The van der Waals surface area contributed by atoms with Gasteiger partial charge >= 0.3 is 5.97 Å². The van der Waals surface area contributed by atoms with Crippen molar-refractivity contribution in [1.82, 2.24) is 0 Å². The molecule has 0 amide bonds. The molecule has 0 bridgehead atoms. The van der Waals surface area contributed by atoms with Crippen LogP contribution in [0.15, 0.2) is 34.8 Å². The summed E-state index contributed by atoms with van der Waals surface area (Å²) in [4.78, 5) is 12.0. The Labute approximate surface area is 138 Å². The Bertz CT molecular complexity index is 568. The molecule has 0 radical (unpaired) electrons. The molecule has 0 unspecified atom stereocenters. The second-order valence-electron chi connectivity index (χ2n) is 7.19. The Hall–Kier alpha value is -1.53. The van der Waals surface area contributed by atoms with E-state index in [1.807, 2.05) is 6.07 Å². The van der Waals surface area contributed by atoms with Crippen molar-refractivity contribution >= 4 is 14.3 Å². The zero-order chi connectivity index (χ0) is 17.3. The number of hydrogen-bond donors (Lipinski definition) is 0. The molecule has 0 fully saturated rings. The minimum absolute atomic E-state index is 0.0640. The van der Waals surface area contributed by atoms with E-state index in [-0.39, 0.29) is 23.0 Å². The van der Waals surface area contributed by atoms with Gasteiger partial charge in [0.2, 0.25) is 5.76 Å². The van der Waals surface area contributed by atoms with E-state index in [0.717, 1.165) is 5.56 Å². The minimum atomic E-state index is -2.01. The lowest BCUT2D eigenvalue weighted by atomic mass is 10.1. The lowest BCUT2D eigenvalue weighted by Crippen LogP contribution is -2.44. The van der Waals surface area contributed by atoms with Crippen molar-refractivity contribution in [2.24, 2.45) is 0 Å². The van der Waals surface area contributed by atoms with E-state index in [2.05, 4.69) is 33.9 Å². The largest absolute Gasteiger partial charge is 0.475 e. The summed E-state index contributed by atoms with van der Waals surface area (Å²) in [5, 5.41) is 0.0640. The molecule has 6 heteroatoms. The van der Waals surface area contributed by atoms with Gasteiger partial charge in [0.25, 0.3) is 0 Å². The first-order valence-corrected chi connectivity index (χ1v) is 10.8. The molecule has 5 nitrogen and oxygen atoms in total. The molecule has 1 aromatic rings. The molecule has 1 aliphatic heterocycles. The molecule has 1 aliphatic rings. The third-order valence-electron chi connectivity index (χ3n) is 4.45. The summed E-state index contributed by atoms with van der Waals surface area (Å²) < 4.78 is 22.5. The van der Waals surface area contributed by atoms with Crippen molar-refractivity contribution in [2.45, 2.75) is 58.0 Å². The molecular weight excluding hydrogens is 312 g/mol. The van der Waals surface area contributed by atoms with Crippen molar-refractivity contribution in [3.8, 4) is 0 Å². The van der Waals surface area contributed by atoms with Gasteiger partial charge in [-0.3, -0.25) is 0 Å². The predicted octanol–water partition coefficient (Wildman–Crippen LogP) is 4.19. The van der Waals surface area contributed by atoms with Gasteiger partial charge in [0.1, 0.15) is 6.10 Å². The number of ether oxygens (including phenoxy) is 2. The molecule has 0 saturated heterocycles. The van der Waals surface area contributed by atoms with E-state index in [4.69, 9.17) is 18.3 Å². The van der Waals surface area contributed by atoms with Crippen molar-refractivity contribution in [1.29, 1.82) is 0 Å². The first kappa shape index (κ1) is 17.8. The van der Waals surface area contributed by atoms with Crippen LogP contribution < -0.4 is 0 Å². The quantitative estimate of drug-likeness (QED) is 0.595. The van der Waals surface area contributed by atoms with E-state index >= 15 is 0 Å². The number of esters is 1. The molecule has 128 valence electrons. The topological polar surface area (TPSA) is 57.9 Å². The molecule has 0 spiro atoms. The summed E-state index contributed by atoms with van der Waals surface area (Å²) in [5.41, 5.74) is 0.851. The third-order valence-corrected chi connectivity index (χ3v) is 8.93. The van der Waals surface area contributed by atoms with Crippen LogP contribution in [0.2, 0.25) is 18.1 Å². The average molecular weight is 338 g/mol. The fourth-order valence-corrected chi connectivity index (χ4v) is 3.33. The zero-order valence-corrected chi connectivity index (χ0v) is 15.7. The average Bonchev–Trinajstić information content (AvgIpc) is 3.05. The van der Waals surface area contributed by atoms with E-state index in [9.17, 15) is 4.79 Å². The number of carbonyl (C=O) groups excluding carboxylic acids is 1.